The van der Waals surface area contributed by atoms with Crippen LogP contribution >= 0.6 is 12.6 Å². The molecule has 3 amide bonds. The van der Waals surface area contributed by atoms with Gasteiger partial charge < -0.3 is 26.4 Å². The summed E-state index contributed by atoms with van der Waals surface area (Å²) in [5.41, 5.74) is 5.87. The van der Waals surface area contributed by atoms with Gasteiger partial charge in [-0.1, -0.05) is 27.7 Å². The maximum atomic E-state index is 12.8. The van der Waals surface area contributed by atoms with Crippen LogP contribution in [0.1, 0.15) is 47.0 Å². The highest BCUT2D eigenvalue weighted by molar-refractivity contribution is 7.80. The molecule has 0 aromatic rings. The first-order valence-electron chi connectivity index (χ1n) is 10.00. The van der Waals surface area contributed by atoms with Crippen molar-refractivity contribution in [3.8, 4) is 0 Å². The SMILES string of the molecule is CC(C)CC(NC(=O)C(N)C(C)C)C(=O)NC(CS)C(=O)N1CCCC1C(=O)O. The molecule has 1 fully saturated rings. The van der Waals surface area contributed by atoms with Gasteiger partial charge in [0.2, 0.25) is 17.7 Å². The van der Waals surface area contributed by atoms with Crippen molar-refractivity contribution < 1.29 is 24.3 Å². The number of nitrogens with one attached hydrogen (secondary N) is 2. The van der Waals surface area contributed by atoms with Crippen LogP contribution in [0.2, 0.25) is 0 Å². The van der Waals surface area contributed by atoms with Crippen LogP contribution in [-0.4, -0.2) is 70.2 Å². The molecule has 4 unspecified atom stereocenters. The lowest BCUT2D eigenvalue weighted by molar-refractivity contribution is -0.149. The van der Waals surface area contributed by atoms with Gasteiger partial charge in [-0.2, -0.15) is 12.6 Å². The molecule has 29 heavy (non-hydrogen) atoms. The Hall–Kier alpha value is -1.81. The van der Waals surface area contributed by atoms with E-state index in [0.717, 1.165) is 0 Å². The van der Waals surface area contributed by atoms with Crippen LogP contribution in [0.25, 0.3) is 0 Å². The van der Waals surface area contributed by atoms with Crippen LogP contribution < -0.4 is 16.4 Å². The highest BCUT2D eigenvalue weighted by Crippen LogP contribution is 2.19. The number of carboxylic acids is 1. The molecule has 0 saturated carbocycles. The van der Waals surface area contributed by atoms with Crippen LogP contribution in [0, 0.1) is 11.8 Å². The van der Waals surface area contributed by atoms with Crippen LogP contribution in [0.4, 0.5) is 0 Å². The van der Waals surface area contributed by atoms with Crippen molar-refractivity contribution in [1.82, 2.24) is 15.5 Å². The van der Waals surface area contributed by atoms with E-state index in [9.17, 15) is 24.3 Å². The number of nitrogens with two attached hydrogens (primary N) is 1. The van der Waals surface area contributed by atoms with Crippen LogP contribution in [0.5, 0.6) is 0 Å². The number of aliphatic carboxylic acids is 1. The molecule has 0 radical (unpaired) electrons. The van der Waals surface area contributed by atoms with Gasteiger partial charge in [0, 0.05) is 12.3 Å². The van der Waals surface area contributed by atoms with E-state index >= 15 is 0 Å². The minimum Gasteiger partial charge on any atom is -0.480 e. The number of hydrogen-bond donors (Lipinski definition) is 5. The fourth-order valence-corrected chi connectivity index (χ4v) is 3.47. The minimum atomic E-state index is -1.06. The highest BCUT2D eigenvalue weighted by Gasteiger charge is 2.38. The highest BCUT2D eigenvalue weighted by atomic mass is 32.1. The van der Waals surface area contributed by atoms with Crippen molar-refractivity contribution in [2.75, 3.05) is 12.3 Å². The van der Waals surface area contributed by atoms with Crippen molar-refractivity contribution in [2.45, 2.75) is 71.1 Å². The molecule has 0 aromatic carbocycles. The number of thiol groups is 1. The number of nitrogens with zero attached hydrogens (tertiary/aromatic N) is 1. The number of hydrogen-bond acceptors (Lipinski definition) is 6. The molecular formula is C19H34N4O5S. The zero-order valence-electron chi connectivity index (χ0n) is 17.6. The number of carbonyl (C=O) groups is 4. The van der Waals surface area contributed by atoms with Gasteiger partial charge in [-0.3, -0.25) is 14.4 Å². The predicted molar refractivity (Wildman–Crippen MR) is 112 cm³/mol. The standard InChI is InChI=1S/C19H34N4O5S/c1-10(2)8-12(21-17(25)15(20)11(3)4)16(24)22-13(9-29)18(26)23-7-5-6-14(23)19(27)28/h10-15,29H,5-9,20H2,1-4H3,(H,21,25)(H,22,24)(H,27,28). The van der Waals surface area contributed by atoms with Crippen molar-refractivity contribution >= 4 is 36.3 Å². The van der Waals surface area contributed by atoms with Gasteiger partial charge in [0.05, 0.1) is 6.04 Å². The van der Waals surface area contributed by atoms with Crippen LogP contribution in [-0.2, 0) is 19.2 Å². The molecule has 0 aromatic heterocycles. The van der Waals surface area contributed by atoms with E-state index in [1.807, 2.05) is 27.7 Å². The van der Waals surface area contributed by atoms with Gasteiger partial charge in [-0.15, -0.1) is 0 Å². The molecule has 0 spiro atoms. The Balaban J connectivity index is 2.88. The summed E-state index contributed by atoms with van der Waals surface area (Å²) in [7, 11) is 0. The lowest BCUT2D eigenvalue weighted by Gasteiger charge is -2.28. The van der Waals surface area contributed by atoms with Gasteiger partial charge in [0.15, 0.2) is 0 Å². The smallest absolute Gasteiger partial charge is 0.326 e. The van der Waals surface area contributed by atoms with Gasteiger partial charge in [0.1, 0.15) is 18.1 Å². The first-order chi connectivity index (χ1) is 13.5. The first-order valence-corrected chi connectivity index (χ1v) is 10.6. The van der Waals surface area contributed by atoms with Gasteiger partial charge in [0.25, 0.3) is 0 Å². The van der Waals surface area contributed by atoms with Crippen molar-refractivity contribution in [2.24, 2.45) is 17.6 Å². The first kappa shape index (κ1) is 25.2. The number of carboxylic acid groups (broad SMARTS) is 1. The number of likely N-dealkylation sites (tertiary alicyclic amines) is 1. The topological polar surface area (TPSA) is 142 Å². The number of amides is 3. The molecule has 1 saturated heterocycles. The molecule has 4 atom stereocenters. The predicted octanol–water partition coefficient (Wildman–Crippen LogP) is -0.00920. The molecule has 166 valence electrons. The Morgan fingerprint density at radius 3 is 2.17 bits per heavy atom. The average Bonchev–Trinajstić information content (AvgIpc) is 3.13. The largest absolute Gasteiger partial charge is 0.480 e. The Morgan fingerprint density at radius 2 is 1.69 bits per heavy atom. The second kappa shape index (κ2) is 11.4. The summed E-state index contributed by atoms with van der Waals surface area (Å²) in [6.07, 6.45) is 1.35. The summed E-state index contributed by atoms with van der Waals surface area (Å²) in [5.74, 6) is -2.45. The van der Waals surface area contributed by atoms with E-state index in [4.69, 9.17) is 5.73 Å². The van der Waals surface area contributed by atoms with E-state index in [1.54, 1.807) is 0 Å². The summed E-state index contributed by atoms with van der Waals surface area (Å²) in [6.45, 7) is 7.78. The van der Waals surface area contributed by atoms with Gasteiger partial charge in [-0.05, 0) is 31.1 Å². The number of rotatable bonds is 10. The molecule has 9 nitrogen and oxygen atoms in total. The zero-order chi connectivity index (χ0) is 22.3. The number of carbonyl (C=O) groups excluding carboxylic acids is 3. The zero-order valence-corrected chi connectivity index (χ0v) is 18.4. The van der Waals surface area contributed by atoms with Crippen LogP contribution in [0.3, 0.4) is 0 Å². The fraction of sp³-hybridized carbons (Fsp3) is 0.789. The average molecular weight is 431 g/mol. The van der Waals surface area contributed by atoms with Crippen molar-refractivity contribution in [3.63, 3.8) is 0 Å². The van der Waals surface area contributed by atoms with Crippen molar-refractivity contribution in [1.29, 1.82) is 0 Å². The molecule has 0 aliphatic carbocycles. The Labute approximate surface area is 177 Å². The summed E-state index contributed by atoms with van der Waals surface area (Å²) < 4.78 is 0. The minimum absolute atomic E-state index is 0.0151. The third-order valence-corrected chi connectivity index (χ3v) is 5.34. The normalized spacial score (nSPS) is 19.7. The summed E-state index contributed by atoms with van der Waals surface area (Å²) in [4.78, 5) is 50.6. The summed E-state index contributed by atoms with van der Waals surface area (Å²) in [5, 5.41) is 14.6. The molecular weight excluding hydrogens is 396 g/mol. The van der Waals surface area contributed by atoms with E-state index < -0.39 is 47.9 Å². The van der Waals surface area contributed by atoms with E-state index in [0.29, 0.717) is 25.8 Å². The van der Waals surface area contributed by atoms with E-state index in [1.165, 1.54) is 4.90 Å². The molecule has 1 aliphatic heterocycles. The second-order valence-electron chi connectivity index (χ2n) is 8.23. The molecule has 10 heteroatoms. The molecule has 1 aliphatic rings. The quantitative estimate of drug-likeness (QED) is 0.309. The summed E-state index contributed by atoms with van der Waals surface area (Å²) in [6, 6.07) is -3.47. The van der Waals surface area contributed by atoms with E-state index in [2.05, 4.69) is 23.3 Å². The van der Waals surface area contributed by atoms with Gasteiger partial charge >= 0.3 is 5.97 Å². The molecule has 0 bridgehead atoms. The molecule has 5 N–H and O–H groups in total. The summed E-state index contributed by atoms with van der Waals surface area (Å²) >= 11 is 4.15. The van der Waals surface area contributed by atoms with Crippen molar-refractivity contribution in [3.05, 3.63) is 0 Å². The van der Waals surface area contributed by atoms with Gasteiger partial charge in [-0.25, -0.2) is 4.79 Å². The monoisotopic (exact) mass is 430 g/mol. The second-order valence-corrected chi connectivity index (χ2v) is 8.60. The fourth-order valence-electron chi connectivity index (χ4n) is 3.22. The van der Waals surface area contributed by atoms with E-state index in [-0.39, 0.29) is 17.6 Å². The Morgan fingerprint density at radius 1 is 1.10 bits per heavy atom. The maximum Gasteiger partial charge on any atom is 0.326 e. The lowest BCUT2D eigenvalue weighted by Crippen LogP contribution is -2.58. The maximum absolute atomic E-state index is 12.8. The Bertz CT molecular complexity index is 613. The molecule has 1 heterocycles. The third-order valence-electron chi connectivity index (χ3n) is 4.98. The Kier molecular flexibility index (Phi) is 9.91. The lowest BCUT2D eigenvalue weighted by atomic mass is 10.0. The molecule has 1 rings (SSSR count). The third kappa shape index (κ3) is 7.18. The van der Waals surface area contributed by atoms with Crippen LogP contribution in [0.15, 0.2) is 0 Å².